The Bertz CT molecular complexity index is 430. The average molecular weight is 247 g/mol. The van der Waals surface area contributed by atoms with Crippen molar-refractivity contribution < 1.29 is 14.3 Å². The van der Waals surface area contributed by atoms with Crippen molar-refractivity contribution >= 4 is 11.9 Å². The fourth-order valence-electron chi connectivity index (χ4n) is 2.30. The standard InChI is InChI=1S/C14H17NO3/c1-2-18-14(17)13-11(9-12(16)15-13)8-10-6-4-3-5-7-10/h3-7,11,13H,2,8-9H2,1H3,(H,15,16). The minimum Gasteiger partial charge on any atom is -0.464 e. The van der Waals surface area contributed by atoms with Gasteiger partial charge in [-0.3, -0.25) is 4.79 Å². The molecule has 1 heterocycles. The lowest BCUT2D eigenvalue weighted by Crippen LogP contribution is -2.39. The minimum absolute atomic E-state index is 0.0149. The van der Waals surface area contributed by atoms with Crippen LogP contribution >= 0.6 is 0 Å². The van der Waals surface area contributed by atoms with Crippen molar-refractivity contribution in [2.24, 2.45) is 5.92 Å². The highest BCUT2D eigenvalue weighted by Gasteiger charge is 2.38. The highest BCUT2D eigenvalue weighted by molar-refractivity contribution is 5.88. The molecule has 4 nitrogen and oxygen atoms in total. The van der Waals surface area contributed by atoms with Crippen LogP contribution in [0.1, 0.15) is 18.9 Å². The number of esters is 1. The van der Waals surface area contributed by atoms with Crippen LogP contribution in [0.5, 0.6) is 0 Å². The molecule has 0 radical (unpaired) electrons. The lowest BCUT2D eigenvalue weighted by Gasteiger charge is -2.17. The molecule has 1 aromatic carbocycles. The Balaban J connectivity index is 2.05. The number of carbonyl (C=O) groups excluding carboxylic acids is 2. The van der Waals surface area contributed by atoms with Crippen LogP contribution in [-0.4, -0.2) is 24.5 Å². The van der Waals surface area contributed by atoms with E-state index in [4.69, 9.17) is 4.74 Å². The number of carbonyl (C=O) groups is 2. The molecule has 1 N–H and O–H groups in total. The first-order chi connectivity index (χ1) is 8.70. The first-order valence-corrected chi connectivity index (χ1v) is 6.20. The molecule has 1 aliphatic rings. The fraction of sp³-hybridized carbons (Fsp3) is 0.429. The fourth-order valence-corrected chi connectivity index (χ4v) is 2.30. The van der Waals surface area contributed by atoms with Crippen molar-refractivity contribution in [3.8, 4) is 0 Å². The van der Waals surface area contributed by atoms with Crippen LogP contribution in [0.3, 0.4) is 0 Å². The van der Waals surface area contributed by atoms with Gasteiger partial charge in [0.25, 0.3) is 0 Å². The average Bonchev–Trinajstić information content (AvgIpc) is 2.72. The summed E-state index contributed by atoms with van der Waals surface area (Å²) in [7, 11) is 0. The van der Waals surface area contributed by atoms with E-state index in [0.717, 1.165) is 5.56 Å². The van der Waals surface area contributed by atoms with Gasteiger partial charge in [-0.15, -0.1) is 0 Å². The molecule has 2 rings (SSSR count). The molecule has 1 aliphatic heterocycles. The molecule has 0 bridgehead atoms. The summed E-state index contributed by atoms with van der Waals surface area (Å²) < 4.78 is 4.99. The Morgan fingerprint density at radius 2 is 2.11 bits per heavy atom. The minimum atomic E-state index is -0.502. The zero-order valence-electron chi connectivity index (χ0n) is 10.4. The second-order valence-electron chi connectivity index (χ2n) is 4.45. The zero-order chi connectivity index (χ0) is 13.0. The molecule has 4 heteroatoms. The van der Waals surface area contributed by atoms with Gasteiger partial charge in [0.2, 0.25) is 5.91 Å². The predicted octanol–water partition coefficient (Wildman–Crippen LogP) is 1.30. The van der Waals surface area contributed by atoms with E-state index in [1.807, 2.05) is 30.3 Å². The maximum atomic E-state index is 11.8. The van der Waals surface area contributed by atoms with E-state index in [1.165, 1.54) is 0 Å². The van der Waals surface area contributed by atoms with Gasteiger partial charge in [-0.1, -0.05) is 30.3 Å². The molecule has 18 heavy (non-hydrogen) atoms. The number of amides is 1. The lowest BCUT2D eigenvalue weighted by molar-refractivity contribution is -0.146. The van der Waals surface area contributed by atoms with Crippen LogP contribution in [0.4, 0.5) is 0 Å². The predicted molar refractivity (Wildman–Crippen MR) is 66.8 cm³/mol. The largest absolute Gasteiger partial charge is 0.464 e. The summed E-state index contributed by atoms with van der Waals surface area (Å²) in [6.45, 7) is 2.10. The van der Waals surface area contributed by atoms with Crippen molar-refractivity contribution in [3.63, 3.8) is 0 Å². The van der Waals surface area contributed by atoms with Crippen LogP contribution in [0, 0.1) is 5.92 Å². The topological polar surface area (TPSA) is 55.4 Å². The number of nitrogens with one attached hydrogen (secondary N) is 1. The van der Waals surface area contributed by atoms with Gasteiger partial charge >= 0.3 is 5.97 Å². The summed E-state index contributed by atoms with van der Waals surface area (Å²) >= 11 is 0. The zero-order valence-corrected chi connectivity index (χ0v) is 10.4. The normalized spacial score (nSPS) is 22.6. The number of hydrogen-bond acceptors (Lipinski definition) is 3. The van der Waals surface area contributed by atoms with Crippen molar-refractivity contribution in [3.05, 3.63) is 35.9 Å². The smallest absolute Gasteiger partial charge is 0.328 e. The van der Waals surface area contributed by atoms with Crippen LogP contribution in [0.25, 0.3) is 0 Å². The Hall–Kier alpha value is -1.84. The summed E-state index contributed by atoms with van der Waals surface area (Å²) in [5, 5.41) is 2.70. The van der Waals surface area contributed by atoms with Crippen molar-refractivity contribution in [1.29, 1.82) is 0 Å². The maximum Gasteiger partial charge on any atom is 0.328 e. The number of hydrogen-bond donors (Lipinski definition) is 1. The van der Waals surface area contributed by atoms with E-state index in [-0.39, 0.29) is 17.8 Å². The molecule has 2 unspecified atom stereocenters. The SMILES string of the molecule is CCOC(=O)C1NC(=O)CC1Cc1ccccc1. The maximum absolute atomic E-state index is 11.8. The summed E-state index contributed by atoms with van der Waals surface area (Å²) in [6, 6.07) is 9.37. The van der Waals surface area contributed by atoms with E-state index >= 15 is 0 Å². The third-order valence-corrected chi connectivity index (χ3v) is 3.12. The number of benzene rings is 1. The first kappa shape index (κ1) is 12.6. The molecular weight excluding hydrogens is 230 g/mol. The Morgan fingerprint density at radius 3 is 2.78 bits per heavy atom. The highest BCUT2D eigenvalue weighted by atomic mass is 16.5. The molecule has 0 aliphatic carbocycles. The third-order valence-electron chi connectivity index (χ3n) is 3.12. The van der Waals surface area contributed by atoms with Crippen molar-refractivity contribution in [2.75, 3.05) is 6.61 Å². The van der Waals surface area contributed by atoms with Gasteiger partial charge in [-0.25, -0.2) is 4.79 Å². The van der Waals surface area contributed by atoms with Crippen LogP contribution in [0.2, 0.25) is 0 Å². The van der Waals surface area contributed by atoms with Crippen LogP contribution in [0.15, 0.2) is 30.3 Å². The number of rotatable bonds is 4. The molecule has 1 aromatic rings. The molecule has 1 amide bonds. The summed E-state index contributed by atoms with van der Waals surface area (Å²) in [5.41, 5.74) is 1.13. The quantitative estimate of drug-likeness (QED) is 0.816. The molecule has 0 aromatic heterocycles. The van der Waals surface area contributed by atoms with Gasteiger partial charge in [0.1, 0.15) is 6.04 Å². The van der Waals surface area contributed by atoms with Crippen molar-refractivity contribution in [2.45, 2.75) is 25.8 Å². The molecule has 1 fully saturated rings. The molecule has 2 atom stereocenters. The van der Waals surface area contributed by atoms with E-state index in [2.05, 4.69) is 5.32 Å². The van der Waals surface area contributed by atoms with Gasteiger partial charge in [0.15, 0.2) is 0 Å². The van der Waals surface area contributed by atoms with E-state index in [1.54, 1.807) is 6.92 Å². The van der Waals surface area contributed by atoms with Crippen molar-refractivity contribution in [1.82, 2.24) is 5.32 Å². The Labute approximate surface area is 106 Å². The molecule has 0 saturated carbocycles. The monoisotopic (exact) mass is 247 g/mol. The second-order valence-corrected chi connectivity index (χ2v) is 4.45. The molecule has 96 valence electrons. The van der Waals surface area contributed by atoms with Gasteiger partial charge < -0.3 is 10.1 Å². The third kappa shape index (κ3) is 2.88. The Kier molecular flexibility index (Phi) is 3.97. The lowest BCUT2D eigenvalue weighted by atomic mass is 9.92. The summed E-state index contributed by atoms with van der Waals surface area (Å²) in [5.74, 6) is -0.419. The molecular formula is C14H17NO3. The second kappa shape index (κ2) is 5.67. The molecule has 0 spiro atoms. The van der Waals surface area contributed by atoms with E-state index in [9.17, 15) is 9.59 Å². The highest BCUT2D eigenvalue weighted by Crippen LogP contribution is 2.22. The van der Waals surface area contributed by atoms with Gasteiger partial charge in [-0.2, -0.15) is 0 Å². The van der Waals surface area contributed by atoms with Gasteiger partial charge in [-0.05, 0) is 18.9 Å². The van der Waals surface area contributed by atoms with E-state index in [0.29, 0.717) is 19.4 Å². The van der Waals surface area contributed by atoms with Gasteiger partial charge in [0.05, 0.1) is 6.61 Å². The number of ether oxygens (including phenoxy) is 1. The first-order valence-electron chi connectivity index (χ1n) is 6.20. The van der Waals surface area contributed by atoms with Crippen LogP contribution in [-0.2, 0) is 20.7 Å². The summed E-state index contributed by atoms with van der Waals surface area (Å²) in [4.78, 5) is 23.2. The van der Waals surface area contributed by atoms with Crippen LogP contribution < -0.4 is 5.32 Å². The Morgan fingerprint density at radius 1 is 1.39 bits per heavy atom. The van der Waals surface area contributed by atoms with Gasteiger partial charge in [0, 0.05) is 12.3 Å². The van der Waals surface area contributed by atoms with E-state index < -0.39 is 6.04 Å². The summed E-state index contributed by atoms with van der Waals surface area (Å²) in [6.07, 6.45) is 1.10. The molecule has 1 saturated heterocycles.